The molecule has 8 nitrogen and oxygen atoms in total. The van der Waals surface area contributed by atoms with E-state index in [1.165, 1.54) is 49.1 Å². The molecule has 0 bridgehead atoms. The van der Waals surface area contributed by atoms with Crippen molar-refractivity contribution in [2.24, 2.45) is 0 Å². The minimum Gasteiger partial charge on any atom is -0.463 e. The number of fused-ring (bicyclic) bond motifs is 1. The molecule has 2 heterocycles. The average molecular weight is 373 g/mol. The number of esters is 1. The summed E-state index contributed by atoms with van der Waals surface area (Å²) < 4.78 is 31.3. The highest BCUT2D eigenvalue weighted by molar-refractivity contribution is 7.90. The third-order valence-electron chi connectivity index (χ3n) is 3.58. The normalized spacial score (nSPS) is 11.9. The largest absolute Gasteiger partial charge is 0.463 e. The Kier molecular flexibility index (Phi) is 4.72. The summed E-state index contributed by atoms with van der Waals surface area (Å²) >= 11 is 0. The number of nitrogens with zero attached hydrogens (tertiary/aromatic N) is 2. The van der Waals surface area contributed by atoms with Gasteiger partial charge >= 0.3 is 5.97 Å². The summed E-state index contributed by atoms with van der Waals surface area (Å²) in [4.78, 5) is 29.5. The number of aromatic amines is 1. The SMILES string of the molecule is CCOC(=O)/C=C/c1ccn(S(=O)(=O)c2ccc3nc[nH]c(=O)c3c2)c1. The van der Waals surface area contributed by atoms with Crippen molar-refractivity contribution in [3.05, 3.63) is 65.0 Å². The lowest BCUT2D eigenvalue weighted by molar-refractivity contribution is -0.137. The molecule has 1 N–H and O–H groups in total. The Hall–Kier alpha value is -3.20. The van der Waals surface area contributed by atoms with E-state index in [9.17, 15) is 18.0 Å². The van der Waals surface area contributed by atoms with Gasteiger partial charge in [-0.15, -0.1) is 0 Å². The summed E-state index contributed by atoms with van der Waals surface area (Å²) in [5.74, 6) is -0.510. The van der Waals surface area contributed by atoms with Crippen molar-refractivity contribution < 1.29 is 17.9 Å². The maximum atomic E-state index is 12.8. The Balaban J connectivity index is 1.95. The highest BCUT2D eigenvalue weighted by Crippen LogP contribution is 2.19. The van der Waals surface area contributed by atoms with Gasteiger partial charge in [-0.25, -0.2) is 22.2 Å². The standard InChI is InChI=1S/C17H15N3O5S/c1-2-25-16(21)6-3-12-7-8-20(10-12)26(23,24)13-4-5-15-14(9-13)17(22)19-11-18-15/h3-11H,2H2,1H3,(H,18,19,22)/b6-3+. The zero-order chi connectivity index (χ0) is 18.7. The summed E-state index contributed by atoms with van der Waals surface area (Å²) in [5.41, 5.74) is 0.498. The number of ether oxygens (including phenoxy) is 1. The van der Waals surface area contributed by atoms with Crippen LogP contribution in [-0.4, -0.2) is 34.9 Å². The highest BCUT2D eigenvalue weighted by atomic mass is 32.2. The summed E-state index contributed by atoms with van der Waals surface area (Å²) in [6.07, 6.45) is 6.66. The fourth-order valence-electron chi connectivity index (χ4n) is 2.33. The van der Waals surface area contributed by atoms with Crippen LogP contribution in [0.2, 0.25) is 0 Å². The van der Waals surface area contributed by atoms with Gasteiger partial charge in [0.05, 0.1) is 28.7 Å². The van der Waals surface area contributed by atoms with Crippen LogP contribution in [0.3, 0.4) is 0 Å². The van der Waals surface area contributed by atoms with Gasteiger partial charge < -0.3 is 9.72 Å². The van der Waals surface area contributed by atoms with Crippen LogP contribution >= 0.6 is 0 Å². The maximum absolute atomic E-state index is 12.8. The number of benzene rings is 1. The molecule has 26 heavy (non-hydrogen) atoms. The molecule has 3 aromatic rings. The van der Waals surface area contributed by atoms with Crippen molar-refractivity contribution in [1.29, 1.82) is 0 Å². The molecule has 0 spiro atoms. The number of H-pyrrole nitrogens is 1. The predicted molar refractivity (Wildman–Crippen MR) is 95.0 cm³/mol. The first-order valence-electron chi connectivity index (χ1n) is 7.67. The second-order valence-corrected chi connectivity index (χ2v) is 7.12. The molecule has 0 atom stereocenters. The Morgan fingerprint density at radius 1 is 1.35 bits per heavy atom. The van der Waals surface area contributed by atoms with Crippen molar-refractivity contribution >= 4 is 33.0 Å². The number of aromatic nitrogens is 3. The number of rotatable bonds is 5. The smallest absolute Gasteiger partial charge is 0.330 e. The van der Waals surface area contributed by atoms with Gasteiger partial charge in [-0.3, -0.25) is 4.79 Å². The summed E-state index contributed by atoms with van der Waals surface area (Å²) in [6.45, 7) is 1.95. The molecule has 0 amide bonds. The molecule has 0 aliphatic heterocycles. The Labute approximate surface area is 148 Å². The van der Waals surface area contributed by atoms with Gasteiger partial charge in [-0.2, -0.15) is 0 Å². The van der Waals surface area contributed by atoms with Gasteiger partial charge in [0.2, 0.25) is 0 Å². The zero-order valence-corrected chi connectivity index (χ0v) is 14.6. The van der Waals surface area contributed by atoms with E-state index in [-0.39, 0.29) is 16.9 Å². The van der Waals surface area contributed by atoms with Crippen molar-refractivity contribution in [2.45, 2.75) is 11.8 Å². The van der Waals surface area contributed by atoms with Crippen LogP contribution in [0, 0.1) is 0 Å². The summed E-state index contributed by atoms with van der Waals surface area (Å²) in [7, 11) is -3.89. The topological polar surface area (TPSA) is 111 Å². The molecule has 134 valence electrons. The number of hydrogen-bond acceptors (Lipinski definition) is 6. The van der Waals surface area contributed by atoms with Crippen LogP contribution in [0.4, 0.5) is 0 Å². The van der Waals surface area contributed by atoms with E-state index in [2.05, 4.69) is 9.97 Å². The van der Waals surface area contributed by atoms with Crippen molar-refractivity contribution in [1.82, 2.24) is 13.9 Å². The van der Waals surface area contributed by atoms with Crippen LogP contribution in [0.25, 0.3) is 17.0 Å². The van der Waals surface area contributed by atoms with E-state index in [0.29, 0.717) is 11.1 Å². The van der Waals surface area contributed by atoms with Crippen LogP contribution < -0.4 is 5.56 Å². The Morgan fingerprint density at radius 3 is 2.92 bits per heavy atom. The molecule has 0 aliphatic rings. The molecule has 0 saturated carbocycles. The van der Waals surface area contributed by atoms with E-state index in [4.69, 9.17) is 4.74 Å². The minimum atomic E-state index is -3.89. The number of carbonyl (C=O) groups excluding carboxylic acids is 1. The molecule has 0 fully saturated rings. The van der Waals surface area contributed by atoms with Crippen LogP contribution in [0.5, 0.6) is 0 Å². The van der Waals surface area contributed by atoms with Crippen molar-refractivity contribution in [3.63, 3.8) is 0 Å². The molecule has 0 unspecified atom stereocenters. The third kappa shape index (κ3) is 3.42. The van der Waals surface area contributed by atoms with Gasteiger partial charge in [-0.05, 0) is 42.8 Å². The molecule has 0 radical (unpaired) electrons. The number of hydrogen-bond donors (Lipinski definition) is 1. The third-order valence-corrected chi connectivity index (χ3v) is 5.21. The van der Waals surface area contributed by atoms with Gasteiger partial charge in [0.15, 0.2) is 0 Å². The minimum absolute atomic E-state index is 0.0416. The molecule has 0 aliphatic carbocycles. The Morgan fingerprint density at radius 2 is 2.15 bits per heavy atom. The predicted octanol–water partition coefficient (Wildman–Crippen LogP) is 1.54. The van der Waals surface area contributed by atoms with E-state index in [1.54, 1.807) is 13.0 Å². The molecule has 3 rings (SSSR count). The fraction of sp³-hybridized carbons (Fsp3) is 0.118. The maximum Gasteiger partial charge on any atom is 0.330 e. The fourth-order valence-corrected chi connectivity index (χ4v) is 3.56. The van der Waals surface area contributed by atoms with E-state index in [0.717, 1.165) is 3.97 Å². The van der Waals surface area contributed by atoms with E-state index in [1.807, 2.05) is 0 Å². The van der Waals surface area contributed by atoms with Gasteiger partial charge in [0, 0.05) is 18.5 Å². The molecule has 2 aromatic heterocycles. The highest BCUT2D eigenvalue weighted by Gasteiger charge is 2.17. The van der Waals surface area contributed by atoms with Crippen LogP contribution in [-0.2, 0) is 19.6 Å². The van der Waals surface area contributed by atoms with Crippen molar-refractivity contribution in [2.75, 3.05) is 6.61 Å². The monoisotopic (exact) mass is 373 g/mol. The van der Waals surface area contributed by atoms with Gasteiger partial charge in [-0.1, -0.05) is 0 Å². The summed E-state index contributed by atoms with van der Waals surface area (Å²) in [6, 6.07) is 5.69. The number of nitrogens with one attached hydrogen (secondary N) is 1. The number of carbonyl (C=O) groups is 1. The first kappa shape index (κ1) is 17.6. The molecular weight excluding hydrogens is 358 g/mol. The zero-order valence-electron chi connectivity index (χ0n) is 13.7. The quantitative estimate of drug-likeness (QED) is 0.536. The average Bonchev–Trinajstić information content (AvgIpc) is 3.10. The summed E-state index contributed by atoms with van der Waals surface area (Å²) in [5, 5.41) is 0.183. The van der Waals surface area contributed by atoms with E-state index < -0.39 is 21.6 Å². The lowest BCUT2D eigenvalue weighted by Gasteiger charge is -2.06. The molecule has 0 saturated heterocycles. The second-order valence-electron chi connectivity index (χ2n) is 5.28. The Bertz CT molecular complexity index is 1160. The van der Waals surface area contributed by atoms with Crippen molar-refractivity contribution in [3.8, 4) is 0 Å². The first-order valence-corrected chi connectivity index (χ1v) is 9.11. The molecule has 1 aromatic carbocycles. The van der Waals surface area contributed by atoms with Crippen LogP contribution in [0.1, 0.15) is 12.5 Å². The van der Waals surface area contributed by atoms with Gasteiger partial charge in [0.1, 0.15) is 0 Å². The van der Waals surface area contributed by atoms with E-state index >= 15 is 0 Å². The van der Waals surface area contributed by atoms with Gasteiger partial charge in [0.25, 0.3) is 15.6 Å². The lowest BCUT2D eigenvalue weighted by atomic mass is 10.2. The van der Waals surface area contributed by atoms with Crippen LogP contribution in [0.15, 0.2) is 58.8 Å². The molecule has 9 heteroatoms. The first-order chi connectivity index (χ1) is 12.4. The second kappa shape index (κ2) is 6.96. The lowest BCUT2D eigenvalue weighted by Crippen LogP contribution is -2.12. The molecular formula is C17H15N3O5S.